The first-order valence-corrected chi connectivity index (χ1v) is 6.82. The first-order valence-electron chi connectivity index (χ1n) is 6.82. The molecule has 0 aromatic heterocycles. The molecule has 3 atom stereocenters. The fourth-order valence-corrected chi connectivity index (χ4v) is 2.65. The minimum absolute atomic E-state index is 0.290. The summed E-state index contributed by atoms with van der Waals surface area (Å²) in [5.74, 6) is 0.596. The number of benzene rings is 1. The van der Waals surface area contributed by atoms with Crippen molar-refractivity contribution in [2.45, 2.75) is 44.8 Å². The molecule has 1 aromatic carbocycles. The Bertz CT molecular complexity index is 381. The van der Waals surface area contributed by atoms with Gasteiger partial charge in [0.1, 0.15) is 6.10 Å². The van der Waals surface area contributed by atoms with Crippen molar-refractivity contribution in [3.63, 3.8) is 0 Å². The first kappa shape index (κ1) is 13.4. The molecule has 1 fully saturated rings. The van der Waals surface area contributed by atoms with E-state index < -0.39 is 6.10 Å². The van der Waals surface area contributed by atoms with E-state index in [1.165, 1.54) is 19.3 Å². The third kappa shape index (κ3) is 3.24. The van der Waals surface area contributed by atoms with E-state index in [0.717, 1.165) is 12.0 Å². The smallest absolute Gasteiger partial charge is 0.104 e. The number of nitrogen functional groups attached to an aromatic ring is 1. The Kier molecular flexibility index (Phi) is 4.61. The van der Waals surface area contributed by atoms with Crippen LogP contribution in [0.15, 0.2) is 24.3 Å². The van der Waals surface area contributed by atoms with Crippen molar-refractivity contribution in [1.29, 1.82) is 0 Å². The Morgan fingerprint density at radius 1 is 1.33 bits per heavy atom. The average molecular weight is 249 g/mol. The lowest BCUT2D eigenvalue weighted by Crippen LogP contribution is -2.27. The van der Waals surface area contributed by atoms with Crippen molar-refractivity contribution in [3.05, 3.63) is 29.8 Å². The van der Waals surface area contributed by atoms with Crippen LogP contribution in [-0.4, -0.2) is 17.8 Å². The van der Waals surface area contributed by atoms with Gasteiger partial charge >= 0.3 is 0 Å². The van der Waals surface area contributed by atoms with E-state index in [4.69, 9.17) is 10.5 Å². The highest BCUT2D eigenvalue weighted by molar-refractivity contribution is 5.47. The van der Waals surface area contributed by atoms with Crippen molar-refractivity contribution in [1.82, 2.24) is 0 Å². The maximum absolute atomic E-state index is 10.1. The fourth-order valence-electron chi connectivity index (χ4n) is 2.65. The van der Waals surface area contributed by atoms with Gasteiger partial charge < -0.3 is 15.6 Å². The van der Waals surface area contributed by atoms with Crippen LogP contribution in [0.2, 0.25) is 0 Å². The number of rotatable bonds is 4. The Labute approximate surface area is 109 Å². The highest BCUT2D eigenvalue weighted by atomic mass is 16.5. The summed E-state index contributed by atoms with van der Waals surface area (Å²) in [6.45, 7) is 2.57. The average Bonchev–Trinajstić information content (AvgIpc) is 2.38. The molecule has 1 aliphatic rings. The van der Waals surface area contributed by atoms with Crippen LogP contribution in [-0.2, 0) is 4.74 Å². The van der Waals surface area contributed by atoms with Crippen LogP contribution in [0, 0.1) is 5.92 Å². The van der Waals surface area contributed by atoms with Crippen molar-refractivity contribution < 1.29 is 9.84 Å². The first-order chi connectivity index (χ1) is 8.68. The van der Waals surface area contributed by atoms with Gasteiger partial charge in [-0.3, -0.25) is 0 Å². The van der Waals surface area contributed by atoms with Crippen LogP contribution in [0.25, 0.3) is 0 Å². The molecule has 0 bridgehead atoms. The monoisotopic (exact) mass is 249 g/mol. The van der Waals surface area contributed by atoms with Gasteiger partial charge in [-0.15, -0.1) is 0 Å². The lowest BCUT2D eigenvalue weighted by molar-refractivity contribution is -0.0465. The topological polar surface area (TPSA) is 55.5 Å². The van der Waals surface area contributed by atoms with Crippen LogP contribution in [0.3, 0.4) is 0 Å². The minimum atomic E-state index is -0.625. The number of para-hydroxylation sites is 1. The Balaban J connectivity index is 1.88. The molecule has 3 N–H and O–H groups in total. The SMILES string of the molecule is CC1CCCCC1OCC(O)c1ccccc1N. The van der Waals surface area contributed by atoms with Gasteiger partial charge in [-0.25, -0.2) is 0 Å². The zero-order valence-corrected chi connectivity index (χ0v) is 11.0. The number of nitrogens with two attached hydrogens (primary N) is 1. The van der Waals surface area contributed by atoms with E-state index in [9.17, 15) is 5.11 Å². The van der Waals surface area contributed by atoms with E-state index in [-0.39, 0.29) is 0 Å². The van der Waals surface area contributed by atoms with E-state index in [2.05, 4.69) is 6.92 Å². The van der Waals surface area contributed by atoms with E-state index >= 15 is 0 Å². The molecule has 0 amide bonds. The van der Waals surface area contributed by atoms with Gasteiger partial charge in [0, 0.05) is 11.3 Å². The molecule has 0 spiro atoms. The zero-order valence-electron chi connectivity index (χ0n) is 11.0. The molecule has 0 aliphatic heterocycles. The maximum atomic E-state index is 10.1. The molecular formula is C15H23NO2. The van der Waals surface area contributed by atoms with Crippen LogP contribution in [0.1, 0.15) is 44.3 Å². The molecule has 18 heavy (non-hydrogen) atoms. The largest absolute Gasteiger partial charge is 0.398 e. The van der Waals surface area contributed by atoms with Gasteiger partial charge in [0.05, 0.1) is 12.7 Å². The van der Waals surface area contributed by atoms with Crippen molar-refractivity contribution >= 4 is 5.69 Å². The summed E-state index contributed by atoms with van der Waals surface area (Å²) in [4.78, 5) is 0. The molecule has 1 saturated carbocycles. The molecule has 3 nitrogen and oxygen atoms in total. The number of hydrogen-bond acceptors (Lipinski definition) is 3. The summed E-state index contributed by atoms with van der Waals surface area (Å²) >= 11 is 0. The number of anilines is 1. The van der Waals surface area contributed by atoms with E-state index in [1.807, 2.05) is 24.3 Å². The number of ether oxygens (including phenoxy) is 1. The predicted molar refractivity (Wildman–Crippen MR) is 73.2 cm³/mol. The third-order valence-corrected chi connectivity index (χ3v) is 3.86. The summed E-state index contributed by atoms with van der Waals surface area (Å²) in [7, 11) is 0. The van der Waals surface area contributed by atoms with Gasteiger partial charge in [0.15, 0.2) is 0 Å². The van der Waals surface area contributed by atoms with Gasteiger partial charge in [0.25, 0.3) is 0 Å². The van der Waals surface area contributed by atoms with Gasteiger partial charge in [0.2, 0.25) is 0 Å². The summed E-state index contributed by atoms with van der Waals surface area (Å²) in [5.41, 5.74) is 7.24. The van der Waals surface area contributed by atoms with E-state index in [0.29, 0.717) is 24.3 Å². The van der Waals surface area contributed by atoms with Crippen LogP contribution in [0.5, 0.6) is 0 Å². The quantitative estimate of drug-likeness (QED) is 0.807. The molecule has 3 unspecified atom stereocenters. The predicted octanol–water partition coefficient (Wildman–Crippen LogP) is 2.90. The molecule has 0 saturated heterocycles. The lowest BCUT2D eigenvalue weighted by Gasteiger charge is -2.29. The van der Waals surface area contributed by atoms with Crippen molar-refractivity contribution in [3.8, 4) is 0 Å². The highest BCUT2D eigenvalue weighted by Crippen LogP contribution is 2.28. The standard InChI is InChI=1S/C15H23NO2/c1-11-6-2-5-9-15(11)18-10-14(17)12-7-3-4-8-13(12)16/h3-4,7-8,11,14-15,17H,2,5-6,9-10,16H2,1H3. The summed E-state index contributed by atoms with van der Waals surface area (Å²) < 4.78 is 5.86. The Morgan fingerprint density at radius 3 is 2.78 bits per heavy atom. The van der Waals surface area contributed by atoms with Crippen molar-refractivity contribution in [2.75, 3.05) is 12.3 Å². The maximum Gasteiger partial charge on any atom is 0.104 e. The molecule has 0 radical (unpaired) electrons. The molecule has 3 heteroatoms. The number of aliphatic hydroxyl groups is 1. The minimum Gasteiger partial charge on any atom is -0.398 e. The van der Waals surface area contributed by atoms with Crippen LogP contribution >= 0.6 is 0 Å². The molecule has 1 aromatic rings. The van der Waals surface area contributed by atoms with Crippen LogP contribution in [0.4, 0.5) is 5.69 Å². The van der Waals surface area contributed by atoms with Gasteiger partial charge in [-0.05, 0) is 24.8 Å². The van der Waals surface area contributed by atoms with Gasteiger partial charge in [-0.2, -0.15) is 0 Å². The molecule has 0 heterocycles. The second kappa shape index (κ2) is 6.21. The normalized spacial score (nSPS) is 25.9. The summed E-state index contributed by atoms with van der Waals surface area (Å²) in [5, 5.41) is 10.1. The zero-order chi connectivity index (χ0) is 13.0. The Morgan fingerprint density at radius 2 is 2.06 bits per heavy atom. The second-order valence-corrected chi connectivity index (χ2v) is 5.28. The van der Waals surface area contributed by atoms with Crippen molar-refractivity contribution in [2.24, 2.45) is 5.92 Å². The second-order valence-electron chi connectivity index (χ2n) is 5.28. The third-order valence-electron chi connectivity index (χ3n) is 3.86. The molecule has 1 aliphatic carbocycles. The summed E-state index contributed by atoms with van der Waals surface area (Å²) in [6.07, 6.45) is 4.54. The molecule has 2 rings (SSSR count). The Hall–Kier alpha value is -1.06. The fraction of sp³-hybridized carbons (Fsp3) is 0.600. The van der Waals surface area contributed by atoms with Crippen LogP contribution < -0.4 is 5.73 Å². The molecule has 100 valence electrons. The lowest BCUT2D eigenvalue weighted by atomic mass is 9.88. The highest BCUT2D eigenvalue weighted by Gasteiger charge is 2.23. The summed E-state index contributed by atoms with van der Waals surface area (Å²) in [6, 6.07) is 7.42. The van der Waals surface area contributed by atoms with Gasteiger partial charge in [-0.1, -0.05) is 38.0 Å². The molecular weight excluding hydrogens is 226 g/mol. The number of aliphatic hydroxyl groups excluding tert-OH is 1. The number of hydrogen-bond donors (Lipinski definition) is 2. The van der Waals surface area contributed by atoms with E-state index in [1.54, 1.807) is 0 Å².